The van der Waals surface area contributed by atoms with Gasteiger partial charge in [0.15, 0.2) is 0 Å². The van der Waals surface area contributed by atoms with Crippen LogP contribution in [-0.2, 0) is 11.8 Å². The van der Waals surface area contributed by atoms with E-state index in [4.69, 9.17) is 9.47 Å². The van der Waals surface area contributed by atoms with E-state index in [2.05, 4.69) is 5.32 Å². The highest BCUT2D eigenvalue weighted by atomic mass is 16.5. The molecule has 126 valence electrons. The zero-order valence-electron chi connectivity index (χ0n) is 13.7. The van der Waals surface area contributed by atoms with Gasteiger partial charge in [-0.05, 0) is 31.2 Å². The van der Waals surface area contributed by atoms with Crippen LogP contribution in [0.5, 0.6) is 5.75 Å². The molecule has 0 saturated heterocycles. The van der Waals surface area contributed by atoms with Gasteiger partial charge in [0.1, 0.15) is 5.75 Å². The Morgan fingerprint density at radius 2 is 1.88 bits per heavy atom. The van der Waals surface area contributed by atoms with Crippen LogP contribution in [0.15, 0.2) is 41.3 Å². The highest BCUT2D eigenvalue weighted by Gasteiger charge is 2.15. The maximum atomic E-state index is 12.4. The van der Waals surface area contributed by atoms with Crippen LogP contribution in [0.1, 0.15) is 27.6 Å². The Kier molecular flexibility index (Phi) is 5.36. The first-order chi connectivity index (χ1) is 11.5. The number of methoxy groups -OCH3 is 1. The fraction of sp³-hybridized carbons (Fsp3) is 0.235. The van der Waals surface area contributed by atoms with Crippen LogP contribution >= 0.6 is 0 Å². The predicted molar refractivity (Wildman–Crippen MR) is 88.6 cm³/mol. The zero-order chi connectivity index (χ0) is 17.7. The van der Waals surface area contributed by atoms with Crippen LogP contribution in [0.25, 0.3) is 0 Å². The lowest BCUT2D eigenvalue weighted by atomic mass is 10.2. The molecule has 7 nitrogen and oxygen atoms in total. The number of aryl methyl sites for hydroxylation is 1. The topological polar surface area (TPSA) is 86.6 Å². The maximum Gasteiger partial charge on any atom is 0.338 e. The molecular formula is C17H18N2O5. The van der Waals surface area contributed by atoms with Gasteiger partial charge in [-0.1, -0.05) is 0 Å². The first kappa shape index (κ1) is 17.3. The molecule has 1 aromatic heterocycles. The summed E-state index contributed by atoms with van der Waals surface area (Å²) in [5, 5.41) is 2.69. The molecule has 0 fully saturated rings. The summed E-state index contributed by atoms with van der Waals surface area (Å²) in [6.07, 6.45) is 1.41. The second kappa shape index (κ2) is 7.45. The standard InChI is InChI=1S/C17H18N2O5/c1-4-24-17(22)11-5-7-12(8-6-11)18-16(21)13-10-19(2)15(20)9-14(13)23-3/h5-10H,4H2,1-3H3,(H,18,21). The lowest BCUT2D eigenvalue weighted by molar-refractivity contribution is 0.0526. The summed E-state index contributed by atoms with van der Waals surface area (Å²) in [5.41, 5.74) is 0.856. The summed E-state index contributed by atoms with van der Waals surface area (Å²) in [6, 6.07) is 7.56. The summed E-state index contributed by atoms with van der Waals surface area (Å²) in [6.45, 7) is 2.02. The van der Waals surface area contributed by atoms with Gasteiger partial charge in [0.2, 0.25) is 0 Å². The summed E-state index contributed by atoms with van der Waals surface area (Å²) in [5.74, 6) is -0.653. The van der Waals surface area contributed by atoms with Crippen molar-refractivity contribution in [3.05, 3.63) is 58.0 Å². The van der Waals surface area contributed by atoms with Gasteiger partial charge in [0, 0.05) is 25.0 Å². The average Bonchev–Trinajstić information content (AvgIpc) is 2.57. The Bertz CT molecular complexity index is 809. The third-order valence-corrected chi connectivity index (χ3v) is 3.31. The van der Waals surface area contributed by atoms with Crippen molar-refractivity contribution >= 4 is 17.6 Å². The molecule has 1 heterocycles. The predicted octanol–water partition coefficient (Wildman–Crippen LogP) is 1.82. The molecule has 0 bridgehead atoms. The van der Waals surface area contributed by atoms with Gasteiger partial charge < -0.3 is 19.4 Å². The first-order valence-electron chi connectivity index (χ1n) is 7.29. The van der Waals surface area contributed by atoms with E-state index in [9.17, 15) is 14.4 Å². The molecule has 0 aliphatic carbocycles. The van der Waals surface area contributed by atoms with Crippen molar-refractivity contribution in [1.29, 1.82) is 0 Å². The van der Waals surface area contributed by atoms with Gasteiger partial charge in [-0.2, -0.15) is 0 Å². The number of hydrogen-bond donors (Lipinski definition) is 1. The molecule has 2 rings (SSSR count). The van der Waals surface area contributed by atoms with Crippen molar-refractivity contribution in [2.45, 2.75) is 6.92 Å². The van der Waals surface area contributed by atoms with E-state index in [0.29, 0.717) is 17.9 Å². The minimum Gasteiger partial charge on any atom is -0.496 e. The molecule has 0 spiro atoms. The first-order valence-corrected chi connectivity index (χ1v) is 7.29. The number of nitrogens with zero attached hydrogens (tertiary/aromatic N) is 1. The average molecular weight is 330 g/mol. The van der Waals surface area contributed by atoms with Gasteiger partial charge in [0.25, 0.3) is 11.5 Å². The van der Waals surface area contributed by atoms with Crippen LogP contribution in [0, 0.1) is 0 Å². The number of carbonyl (C=O) groups is 2. The highest BCUT2D eigenvalue weighted by molar-refractivity contribution is 6.06. The molecule has 0 aliphatic rings. The van der Waals surface area contributed by atoms with E-state index in [1.54, 1.807) is 38.2 Å². The lowest BCUT2D eigenvalue weighted by Gasteiger charge is -2.11. The Morgan fingerprint density at radius 3 is 2.46 bits per heavy atom. The normalized spacial score (nSPS) is 10.1. The smallest absolute Gasteiger partial charge is 0.338 e. The number of benzene rings is 1. The van der Waals surface area contributed by atoms with Gasteiger partial charge >= 0.3 is 5.97 Å². The number of amides is 1. The van der Waals surface area contributed by atoms with Gasteiger partial charge in [-0.15, -0.1) is 0 Å². The summed E-state index contributed by atoms with van der Waals surface area (Å²) >= 11 is 0. The van der Waals surface area contributed by atoms with E-state index < -0.39 is 11.9 Å². The summed E-state index contributed by atoms with van der Waals surface area (Å²) in [7, 11) is 2.94. The van der Waals surface area contributed by atoms with Crippen LogP contribution in [0.2, 0.25) is 0 Å². The van der Waals surface area contributed by atoms with Crippen molar-refractivity contribution in [3.8, 4) is 5.75 Å². The number of ether oxygens (including phenoxy) is 2. The highest BCUT2D eigenvalue weighted by Crippen LogP contribution is 2.18. The lowest BCUT2D eigenvalue weighted by Crippen LogP contribution is -2.21. The van der Waals surface area contributed by atoms with Crippen molar-refractivity contribution < 1.29 is 19.1 Å². The second-order valence-electron chi connectivity index (χ2n) is 4.96. The number of nitrogens with one attached hydrogen (secondary N) is 1. The third kappa shape index (κ3) is 3.81. The Morgan fingerprint density at radius 1 is 1.21 bits per heavy atom. The third-order valence-electron chi connectivity index (χ3n) is 3.31. The van der Waals surface area contributed by atoms with Crippen molar-refractivity contribution in [2.75, 3.05) is 19.0 Å². The molecule has 24 heavy (non-hydrogen) atoms. The fourth-order valence-corrected chi connectivity index (χ4v) is 2.05. The monoisotopic (exact) mass is 330 g/mol. The largest absolute Gasteiger partial charge is 0.496 e. The molecule has 0 aliphatic heterocycles. The van der Waals surface area contributed by atoms with Crippen molar-refractivity contribution in [3.63, 3.8) is 0 Å². The number of anilines is 1. The van der Waals surface area contributed by atoms with Crippen LogP contribution in [0.4, 0.5) is 5.69 Å². The van der Waals surface area contributed by atoms with E-state index in [0.717, 1.165) is 0 Å². The molecular weight excluding hydrogens is 312 g/mol. The summed E-state index contributed by atoms with van der Waals surface area (Å²) in [4.78, 5) is 35.6. The molecule has 0 radical (unpaired) electrons. The minimum absolute atomic E-state index is 0.193. The van der Waals surface area contributed by atoms with E-state index in [-0.39, 0.29) is 16.9 Å². The number of pyridine rings is 1. The van der Waals surface area contributed by atoms with Gasteiger partial charge in [0.05, 0.1) is 24.8 Å². The SMILES string of the molecule is CCOC(=O)c1ccc(NC(=O)c2cn(C)c(=O)cc2OC)cc1. The molecule has 0 atom stereocenters. The van der Waals surface area contributed by atoms with Gasteiger partial charge in [-0.25, -0.2) is 4.79 Å². The second-order valence-corrected chi connectivity index (χ2v) is 4.96. The number of rotatable bonds is 5. The quantitative estimate of drug-likeness (QED) is 0.845. The molecule has 1 amide bonds. The van der Waals surface area contributed by atoms with Gasteiger partial charge in [-0.3, -0.25) is 9.59 Å². The number of hydrogen-bond acceptors (Lipinski definition) is 5. The maximum absolute atomic E-state index is 12.4. The van der Waals surface area contributed by atoms with Crippen LogP contribution < -0.4 is 15.6 Å². The molecule has 0 unspecified atom stereocenters. The minimum atomic E-state index is -0.425. The van der Waals surface area contributed by atoms with Crippen molar-refractivity contribution in [2.24, 2.45) is 7.05 Å². The van der Waals surface area contributed by atoms with Crippen LogP contribution in [-0.4, -0.2) is 30.2 Å². The molecule has 0 saturated carbocycles. The zero-order valence-corrected chi connectivity index (χ0v) is 13.7. The number of aromatic nitrogens is 1. The van der Waals surface area contributed by atoms with E-state index >= 15 is 0 Å². The number of esters is 1. The Labute approximate surface area is 138 Å². The summed E-state index contributed by atoms with van der Waals surface area (Å²) < 4.78 is 11.3. The molecule has 7 heteroatoms. The molecule has 1 N–H and O–H groups in total. The van der Waals surface area contributed by atoms with Crippen molar-refractivity contribution in [1.82, 2.24) is 4.57 Å². The van der Waals surface area contributed by atoms with E-state index in [1.165, 1.54) is 23.9 Å². The number of carbonyl (C=O) groups excluding carboxylic acids is 2. The Balaban J connectivity index is 2.20. The molecule has 2 aromatic rings. The van der Waals surface area contributed by atoms with Crippen LogP contribution in [0.3, 0.4) is 0 Å². The van der Waals surface area contributed by atoms with E-state index in [1.807, 2.05) is 0 Å². The Hall–Kier alpha value is -3.09. The fourth-order valence-electron chi connectivity index (χ4n) is 2.05. The molecule has 1 aromatic carbocycles.